The van der Waals surface area contributed by atoms with E-state index in [1.54, 1.807) is 13.8 Å². The Bertz CT molecular complexity index is 967. The number of allylic oxidation sites excluding steroid dienone is 1. The molecule has 0 unspecified atom stereocenters. The first-order chi connectivity index (χ1) is 16.9. The molecule has 1 N–H and O–H groups in total. The van der Waals surface area contributed by atoms with Crippen LogP contribution in [0.25, 0.3) is 0 Å². The van der Waals surface area contributed by atoms with E-state index in [0.717, 1.165) is 32.1 Å². The van der Waals surface area contributed by atoms with Crippen molar-refractivity contribution >= 4 is 23.5 Å². The van der Waals surface area contributed by atoms with Crippen LogP contribution in [0.5, 0.6) is 0 Å². The minimum absolute atomic E-state index is 0.0126. The van der Waals surface area contributed by atoms with Gasteiger partial charge in [-0.3, -0.25) is 19.2 Å². The summed E-state index contributed by atoms with van der Waals surface area (Å²) in [6.45, 7) is 9.37. The van der Waals surface area contributed by atoms with Crippen molar-refractivity contribution in [3.63, 3.8) is 0 Å². The van der Waals surface area contributed by atoms with Gasteiger partial charge in [0.15, 0.2) is 18.0 Å². The van der Waals surface area contributed by atoms with Crippen molar-refractivity contribution < 1.29 is 33.8 Å². The molecule has 0 spiro atoms. The molecule has 36 heavy (non-hydrogen) atoms. The molecule has 4 rings (SSSR count). The Hall–Kier alpha value is -2.02. The molecule has 3 fully saturated rings. The fourth-order valence-electron chi connectivity index (χ4n) is 8.38. The molecular weight excluding hydrogens is 460 g/mol. The first-order valence-electron chi connectivity index (χ1n) is 13.7. The lowest BCUT2D eigenvalue weighted by molar-refractivity contribution is -0.195. The van der Waals surface area contributed by atoms with Crippen molar-refractivity contribution in [1.82, 2.24) is 0 Å². The summed E-state index contributed by atoms with van der Waals surface area (Å²) in [5.41, 5.74) is -0.597. The normalized spacial score (nSPS) is 39.5. The number of aliphatic hydroxyl groups excluding tert-OH is 1. The molecule has 7 heteroatoms. The number of ether oxygens (including phenoxy) is 2. The van der Waals surface area contributed by atoms with E-state index in [-0.39, 0.29) is 41.8 Å². The second kappa shape index (κ2) is 9.70. The highest BCUT2D eigenvalue weighted by molar-refractivity contribution is 5.93. The second-order valence-electron chi connectivity index (χ2n) is 12.5. The van der Waals surface area contributed by atoms with E-state index in [2.05, 4.69) is 20.8 Å². The molecular formula is C29H42O7. The van der Waals surface area contributed by atoms with E-state index < -0.39 is 29.6 Å². The van der Waals surface area contributed by atoms with Crippen LogP contribution in [-0.4, -0.2) is 47.4 Å². The van der Waals surface area contributed by atoms with Crippen LogP contribution in [-0.2, 0) is 28.7 Å². The molecule has 3 saturated carbocycles. The quantitative estimate of drug-likeness (QED) is 0.520. The van der Waals surface area contributed by atoms with Gasteiger partial charge in [-0.05, 0) is 73.7 Å². The highest BCUT2D eigenvalue weighted by atomic mass is 16.6. The Balaban J connectivity index is 1.67. The molecule has 0 radical (unpaired) electrons. The average Bonchev–Trinajstić information content (AvgIpc) is 3.12. The molecule has 0 bridgehead atoms. The lowest BCUT2D eigenvalue weighted by atomic mass is 9.44. The van der Waals surface area contributed by atoms with E-state index >= 15 is 0 Å². The molecule has 0 saturated heterocycles. The Morgan fingerprint density at radius 1 is 1.11 bits per heavy atom. The highest BCUT2D eigenvalue weighted by Gasteiger charge is 2.69. The summed E-state index contributed by atoms with van der Waals surface area (Å²) in [5, 5.41) is 9.01. The monoisotopic (exact) mass is 502 g/mol. The molecule has 0 aromatic rings. The zero-order valence-electron chi connectivity index (χ0n) is 22.4. The summed E-state index contributed by atoms with van der Waals surface area (Å²) in [4.78, 5) is 50.9. The summed E-state index contributed by atoms with van der Waals surface area (Å²) in [5.74, 6) is -0.252. The van der Waals surface area contributed by atoms with E-state index in [4.69, 9.17) is 14.6 Å². The minimum Gasteiger partial charge on any atom is -0.457 e. The van der Waals surface area contributed by atoms with Gasteiger partial charge < -0.3 is 14.6 Å². The summed E-state index contributed by atoms with van der Waals surface area (Å²) in [7, 11) is 0. The van der Waals surface area contributed by atoms with Gasteiger partial charge in [-0.15, -0.1) is 0 Å². The number of Topliss-reactive ketones (excluding diaryl/α,β-unsaturated/α-hetero) is 1. The third-order valence-corrected chi connectivity index (χ3v) is 10.3. The largest absolute Gasteiger partial charge is 0.457 e. The van der Waals surface area contributed by atoms with Gasteiger partial charge in [0.05, 0.1) is 18.9 Å². The van der Waals surface area contributed by atoms with Gasteiger partial charge in [0.1, 0.15) is 0 Å². The van der Waals surface area contributed by atoms with Crippen LogP contribution in [0.15, 0.2) is 11.6 Å². The number of rotatable bonds is 7. The van der Waals surface area contributed by atoms with Gasteiger partial charge in [-0.2, -0.15) is 0 Å². The smallest absolute Gasteiger partial charge is 0.309 e. The molecule has 0 aliphatic heterocycles. The molecule has 7 atom stereocenters. The molecule has 0 amide bonds. The summed E-state index contributed by atoms with van der Waals surface area (Å²) in [6.07, 6.45) is 7.02. The Morgan fingerprint density at radius 3 is 2.47 bits per heavy atom. The zero-order valence-corrected chi connectivity index (χ0v) is 22.4. The SMILES string of the molecule is CC(C)C(=O)O[C@]1(C(=O)COC(=O)CCO)CC[C@H]2[C@@H]3C[C@H](C)C4=CC(=O)CC[C@]4(C)[C@H]3CC[C@@]21C. The van der Waals surface area contributed by atoms with Crippen molar-refractivity contribution in [2.24, 2.45) is 40.4 Å². The zero-order chi connectivity index (χ0) is 26.5. The van der Waals surface area contributed by atoms with Crippen LogP contribution in [0, 0.1) is 40.4 Å². The molecule has 0 aromatic carbocycles. The van der Waals surface area contributed by atoms with Crippen molar-refractivity contribution in [3.8, 4) is 0 Å². The number of esters is 2. The maximum Gasteiger partial charge on any atom is 0.309 e. The third-order valence-electron chi connectivity index (χ3n) is 10.3. The third kappa shape index (κ3) is 4.15. The van der Waals surface area contributed by atoms with Crippen molar-refractivity contribution in [2.45, 2.75) is 91.6 Å². The summed E-state index contributed by atoms with van der Waals surface area (Å²) >= 11 is 0. The minimum atomic E-state index is -1.33. The standard InChI is InChI=1S/C29H42O7/c1-17(2)26(34)36-29(24(32)16-35-25(33)9-13-30)12-8-22-20-14-18(3)23-15-19(31)6-10-27(23,4)21(20)7-11-28(22,29)5/h15,17-18,20-22,30H,6-14,16H2,1-5H3/t18-,20+,21-,22-,27+,28-,29-/m0/s1. The number of carbonyl (C=O) groups is 4. The number of ketones is 2. The highest BCUT2D eigenvalue weighted by Crippen LogP contribution is 2.69. The van der Waals surface area contributed by atoms with Gasteiger partial charge in [0.25, 0.3) is 0 Å². The number of hydrogen-bond acceptors (Lipinski definition) is 7. The molecule has 4 aliphatic rings. The fraction of sp³-hybridized carbons (Fsp3) is 0.793. The summed E-state index contributed by atoms with van der Waals surface area (Å²) < 4.78 is 11.3. The Morgan fingerprint density at radius 2 is 1.81 bits per heavy atom. The fourth-order valence-corrected chi connectivity index (χ4v) is 8.38. The van der Waals surface area contributed by atoms with Crippen LogP contribution in [0.1, 0.15) is 86.0 Å². The number of carbonyl (C=O) groups excluding carboxylic acids is 4. The number of fused-ring (bicyclic) bond motifs is 5. The molecule has 4 aliphatic carbocycles. The van der Waals surface area contributed by atoms with Crippen LogP contribution >= 0.6 is 0 Å². The Kier molecular flexibility index (Phi) is 7.28. The van der Waals surface area contributed by atoms with Gasteiger partial charge in [0.2, 0.25) is 5.78 Å². The van der Waals surface area contributed by atoms with Crippen LogP contribution in [0.2, 0.25) is 0 Å². The van der Waals surface area contributed by atoms with Crippen molar-refractivity contribution in [1.29, 1.82) is 0 Å². The van der Waals surface area contributed by atoms with E-state index in [9.17, 15) is 19.2 Å². The van der Waals surface area contributed by atoms with Crippen molar-refractivity contribution in [3.05, 3.63) is 11.6 Å². The topological polar surface area (TPSA) is 107 Å². The van der Waals surface area contributed by atoms with E-state index in [0.29, 0.717) is 30.6 Å². The first-order valence-corrected chi connectivity index (χ1v) is 13.7. The number of aliphatic hydroxyl groups is 1. The number of hydrogen-bond donors (Lipinski definition) is 1. The first kappa shape index (κ1) is 27.0. The van der Waals surface area contributed by atoms with Crippen LogP contribution in [0.3, 0.4) is 0 Å². The van der Waals surface area contributed by atoms with Crippen LogP contribution in [0.4, 0.5) is 0 Å². The predicted octanol–water partition coefficient (Wildman–Crippen LogP) is 4.20. The molecule has 7 nitrogen and oxygen atoms in total. The van der Waals surface area contributed by atoms with Crippen molar-refractivity contribution in [2.75, 3.05) is 13.2 Å². The second-order valence-corrected chi connectivity index (χ2v) is 12.5. The van der Waals surface area contributed by atoms with E-state index in [1.807, 2.05) is 6.08 Å². The van der Waals surface area contributed by atoms with E-state index in [1.165, 1.54) is 5.57 Å². The molecule has 0 aromatic heterocycles. The van der Waals surface area contributed by atoms with Gasteiger partial charge >= 0.3 is 11.9 Å². The molecule has 200 valence electrons. The maximum absolute atomic E-state index is 13.8. The van der Waals surface area contributed by atoms with Gasteiger partial charge in [-0.25, -0.2) is 0 Å². The molecule has 0 heterocycles. The average molecular weight is 503 g/mol. The van der Waals surface area contributed by atoms with Crippen LogP contribution < -0.4 is 0 Å². The predicted molar refractivity (Wildman–Crippen MR) is 133 cm³/mol. The maximum atomic E-state index is 13.8. The van der Waals surface area contributed by atoms with Gasteiger partial charge in [-0.1, -0.05) is 40.2 Å². The summed E-state index contributed by atoms with van der Waals surface area (Å²) in [6, 6.07) is 0. The van der Waals surface area contributed by atoms with Gasteiger partial charge in [0, 0.05) is 11.8 Å². The lowest BCUT2D eigenvalue weighted by Crippen LogP contribution is -2.60. The lowest BCUT2D eigenvalue weighted by Gasteiger charge is -2.60. The Labute approximate surface area is 214 Å².